The van der Waals surface area contributed by atoms with Crippen LogP contribution in [0.15, 0.2) is 4.40 Å². The zero-order valence-electron chi connectivity index (χ0n) is 5.11. The third-order valence-corrected chi connectivity index (χ3v) is 1.95. The second kappa shape index (κ2) is 2.93. The average molecular weight is 151 g/mol. The first-order valence-corrected chi connectivity index (χ1v) is 3.97. The van der Waals surface area contributed by atoms with Gasteiger partial charge in [0.1, 0.15) is 0 Å². The van der Waals surface area contributed by atoms with Crippen molar-refractivity contribution in [3.05, 3.63) is 0 Å². The Balaban J connectivity index is 4.05. The summed E-state index contributed by atoms with van der Waals surface area (Å²) in [5.74, 6) is -0.351. The van der Waals surface area contributed by atoms with Crippen LogP contribution < -0.4 is 0 Å². The minimum Gasteiger partial charge on any atom is -0.392 e. The highest BCUT2D eigenvalue weighted by Crippen LogP contribution is 1.92. The highest BCUT2D eigenvalue weighted by atomic mass is 32.2. The Hall–Kier alpha value is -0.420. The molecule has 54 valence electrons. The SMILES string of the molecule is C=NS(=O)(=O)C[C@H](C)O. The van der Waals surface area contributed by atoms with Crippen molar-refractivity contribution in [3.63, 3.8) is 0 Å². The molecule has 0 aromatic heterocycles. The lowest BCUT2D eigenvalue weighted by Crippen LogP contribution is -2.14. The molecule has 1 N–H and O–H groups in total. The summed E-state index contributed by atoms with van der Waals surface area (Å²) < 4.78 is 23.7. The molecule has 1 atom stereocenters. The first-order chi connectivity index (χ1) is 3.98. The van der Waals surface area contributed by atoms with Crippen molar-refractivity contribution in [2.45, 2.75) is 13.0 Å². The lowest BCUT2D eigenvalue weighted by molar-refractivity contribution is 0.218. The van der Waals surface area contributed by atoms with E-state index < -0.39 is 16.1 Å². The summed E-state index contributed by atoms with van der Waals surface area (Å²) in [6.45, 7) is 4.21. The molecule has 0 aromatic carbocycles. The molecular weight excluding hydrogens is 142 g/mol. The van der Waals surface area contributed by atoms with Gasteiger partial charge in [0, 0.05) is 6.72 Å². The topological polar surface area (TPSA) is 66.7 Å². The van der Waals surface area contributed by atoms with Crippen molar-refractivity contribution in [2.75, 3.05) is 5.75 Å². The van der Waals surface area contributed by atoms with E-state index in [0.717, 1.165) is 0 Å². The number of aliphatic hydroxyl groups excluding tert-OH is 1. The molecule has 0 radical (unpaired) electrons. The molecule has 0 saturated heterocycles. The second-order valence-electron chi connectivity index (χ2n) is 1.73. The first kappa shape index (κ1) is 8.58. The van der Waals surface area contributed by atoms with Crippen LogP contribution in [0.4, 0.5) is 0 Å². The molecule has 4 nitrogen and oxygen atoms in total. The van der Waals surface area contributed by atoms with Gasteiger partial charge >= 0.3 is 0 Å². The maximum Gasteiger partial charge on any atom is 0.255 e. The van der Waals surface area contributed by atoms with Crippen molar-refractivity contribution < 1.29 is 13.5 Å². The zero-order valence-corrected chi connectivity index (χ0v) is 5.93. The molecule has 0 aliphatic carbocycles. The molecule has 0 aliphatic heterocycles. The van der Waals surface area contributed by atoms with Gasteiger partial charge in [-0.3, -0.25) is 0 Å². The summed E-state index contributed by atoms with van der Waals surface area (Å²) in [6.07, 6.45) is -0.875. The van der Waals surface area contributed by atoms with Crippen molar-refractivity contribution in [2.24, 2.45) is 4.40 Å². The van der Waals surface area contributed by atoms with Crippen LogP contribution >= 0.6 is 0 Å². The third kappa shape index (κ3) is 4.11. The molecule has 9 heavy (non-hydrogen) atoms. The molecule has 0 rings (SSSR count). The molecule has 0 heterocycles. The average Bonchev–Trinajstić information content (AvgIpc) is 1.63. The Kier molecular flexibility index (Phi) is 2.80. The van der Waals surface area contributed by atoms with Crippen LogP contribution in [0.1, 0.15) is 6.92 Å². The molecule has 0 unspecified atom stereocenters. The van der Waals surface area contributed by atoms with Gasteiger partial charge in [0.25, 0.3) is 10.0 Å². The molecule has 0 spiro atoms. The molecule has 0 fully saturated rings. The summed E-state index contributed by atoms with van der Waals surface area (Å²) in [5, 5.41) is 8.55. The van der Waals surface area contributed by atoms with Crippen molar-refractivity contribution in [3.8, 4) is 0 Å². The van der Waals surface area contributed by atoms with Crippen molar-refractivity contribution >= 4 is 16.7 Å². The smallest absolute Gasteiger partial charge is 0.255 e. The molecule has 0 aliphatic rings. The zero-order chi connectivity index (χ0) is 7.49. The van der Waals surface area contributed by atoms with Crippen LogP contribution in [0.2, 0.25) is 0 Å². The Morgan fingerprint density at radius 1 is 1.78 bits per heavy atom. The van der Waals surface area contributed by atoms with E-state index >= 15 is 0 Å². The van der Waals surface area contributed by atoms with Crippen LogP contribution in [-0.2, 0) is 10.0 Å². The number of sulfonamides is 1. The van der Waals surface area contributed by atoms with E-state index in [9.17, 15) is 8.42 Å². The highest BCUT2D eigenvalue weighted by molar-refractivity contribution is 7.90. The van der Waals surface area contributed by atoms with Gasteiger partial charge in [-0.15, -0.1) is 0 Å². The summed E-state index contributed by atoms with van der Waals surface area (Å²) in [7, 11) is -3.45. The fourth-order valence-electron chi connectivity index (χ4n) is 0.358. The van der Waals surface area contributed by atoms with Gasteiger partial charge in [-0.2, -0.15) is 4.40 Å². The maximum atomic E-state index is 10.4. The van der Waals surface area contributed by atoms with Crippen molar-refractivity contribution in [1.82, 2.24) is 0 Å². The highest BCUT2D eigenvalue weighted by Gasteiger charge is 2.09. The number of hydrogen-bond donors (Lipinski definition) is 1. The van der Waals surface area contributed by atoms with E-state index in [4.69, 9.17) is 5.11 Å². The minimum atomic E-state index is -3.45. The fourth-order valence-corrected chi connectivity index (χ4v) is 1.07. The maximum absolute atomic E-state index is 10.4. The van der Waals surface area contributed by atoms with E-state index in [1.807, 2.05) is 0 Å². The Morgan fingerprint density at radius 3 is 2.33 bits per heavy atom. The van der Waals surface area contributed by atoms with Gasteiger partial charge in [0.05, 0.1) is 11.9 Å². The van der Waals surface area contributed by atoms with E-state index in [1.54, 1.807) is 0 Å². The minimum absolute atomic E-state index is 0.351. The standard InChI is InChI=1S/C4H9NO3S/c1-4(6)3-9(7,8)5-2/h4,6H,2-3H2,1H3/t4-/m0/s1. The second-order valence-corrected chi connectivity index (χ2v) is 3.48. The number of aliphatic hydroxyl groups is 1. The van der Waals surface area contributed by atoms with Gasteiger partial charge in [-0.25, -0.2) is 8.42 Å². The van der Waals surface area contributed by atoms with Gasteiger partial charge in [-0.05, 0) is 6.92 Å². The molecule has 0 aromatic rings. The molecular formula is C4H9NO3S. The monoisotopic (exact) mass is 151 g/mol. The normalized spacial score (nSPS) is 14.9. The van der Waals surface area contributed by atoms with Crippen LogP contribution in [-0.4, -0.2) is 32.1 Å². The van der Waals surface area contributed by atoms with Gasteiger partial charge in [0.2, 0.25) is 0 Å². The summed E-state index contributed by atoms with van der Waals surface area (Å²) in [4.78, 5) is 0. The van der Waals surface area contributed by atoms with E-state index in [-0.39, 0.29) is 5.75 Å². The fraction of sp³-hybridized carbons (Fsp3) is 0.750. The molecule has 5 heteroatoms. The predicted octanol–water partition coefficient (Wildman–Crippen LogP) is -0.602. The quantitative estimate of drug-likeness (QED) is 0.547. The van der Waals surface area contributed by atoms with Crippen molar-refractivity contribution in [1.29, 1.82) is 0 Å². The first-order valence-electron chi connectivity index (χ1n) is 2.36. The van der Waals surface area contributed by atoms with Gasteiger partial charge in [-0.1, -0.05) is 0 Å². The number of rotatable bonds is 3. The molecule has 0 bridgehead atoms. The van der Waals surface area contributed by atoms with Gasteiger partial charge < -0.3 is 5.11 Å². The number of hydrogen-bond acceptors (Lipinski definition) is 3. The predicted molar refractivity (Wildman–Crippen MR) is 35.0 cm³/mol. The summed E-state index contributed by atoms with van der Waals surface area (Å²) in [6, 6.07) is 0. The molecule has 0 saturated carbocycles. The Labute approximate surface area is 54.3 Å². The largest absolute Gasteiger partial charge is 0.392 e. The summed E-state index contributed by atoms with van der Waals surface area (Å²) in [5.41, 5.74) is 0. The van der Waals surface area contributed by atoms with E-state index in [2.05, 4.69) is 11.1 Å². The van der Waals surface area contributed by atoms with E-state index in [1.165, 1.54) is 6.92 Å². The lowest BCUT2D eigenvalue weighted by Gasteiger charge is -1.98. The van der Waals surface area contributed by atoms with Crippen LogP contribution in [0.3, 0.4) is 0 Å². The Morgan fingerprint density at radius 2 is 2.22 bits per heavy atom. The third-order valence-electron chi connectivity index (χ3n) is 0.649. The lowest BCUT2D eigenvalue weighted by atomic mass is 10.5. The van der Waals surface area contributed by atoms with E-state index in [0.29, 0.717) is 0 Å². The van der Waals surface area contributed by atoms with Gasteiger partial charge in [0.15, 0.2) is 0 Å². The Bertz CT molecular complexity index is 182. The van der Waals surface area contributed by atoms with Crippen LogP contribution in [0.5, 0.6) is 0 Å². The van der Waals surface area contributed by atoms with Crippen LogP contribution in [0, 0.1) is 0 Å². The molecule has 0 amide bonds. The summed E-state index contributed by atoms with van der Waals surface area (Å²) >= 11 is 0. The van der Waals surface area contributed by atoms with Crippen LogP contribution in [0.25, 0.3) is 0 Å². The number of nitrogens with zero attached hydrogens (tertiary/aromatic N) is 1.